The molecule has 0 aliphatic carbocycles. The molecule has 1 aromatic heterocycles. The zero-order chi connectivity index (χ0) is 15.2. The number of carbonyl (C=O) groups excluding carboxylic acids is 1. The summed E-state index contributed by atoms with van der Waals surface area (Å²) in [6.45, 7) is 9.51. The molecule has 2 atom stereocenters. The van der Waals surface area contributed by atoms with E-state index in [2.05, 4.69) is 22.4 Å². The molecule has 1 aromatic rings. The van der Waals surface area contributed by atoms with E-state index in [0.29, 0.717) is 11.5 Å². The number of pyridine rings is 1. The van der Waals surface area contributed by atoms with Gasteiger partial charge in [0.15, 0.2) is 0 Å². The van der Waals surface area contributed by atoms with Crippen LogP contribution in [-0.4, -0.2) is 55.9 Å². The summed E-state index contributed by atoms with van der Waals surface area (Å²) in [7, 11) is 0. The first kappa shape index (κ1) is 13.8. The Morgan fingerprint density at radius 3 is 2.50 bits per heavy atom. The summed E-state index contributed by atoms with van der Waals surface area (Å²) < 4.78 is 0. The van der Waals surface area contributed by atoms with Gasteiger partial charge in [0.2, 0.25) is 0 Å². The Bertz CT molecular complexity index is 598. The fraction of sp³-hybridized carbons (Fsp3) is 0.562. The van der Waals surface area contributed by atoms with Crippen molar-refractivity contribution in [2.45, 2.75) is 6.92 Å². The largest absolute Gasteiger partial charge is 0.329 e. The van der Waals surface area contributed by atoms with Crippen molar-refractivity contribution < 1.29 is 14.6 Å². The van der Waals surface area contributed by atoms with Gasteiger partial charge in [-0.25, -0.2) is 5.43 Å². The van der Waals surface area contributed by atoms with Gasteiger partial charge in [0.25, 0.3) is 5.91 Å². The summed E-state index contributed by atoms with van der Waals surface area (Å²) in [5.41, 5.74) is 4.73. The molecule has 6 nitrogen and oxygen atoms in total. The number of hydrogen-bond acceptors (Lipinski definition) is 3. The quantitative estimate of drug-likeness (QED) is 0.533. The van der Waals surface area contributed by atoms with Crippen LogP contribution >= 0.6 is 0 Å². The molecule has 3 N–H and O–H groups in total. The Labute approximate surface area is 130 Å². The van der Waals surface area contributed by atoms with Crippen LogP contribution in [0.25, 0.3) is 0 Å². The number of nitrogens with zero attached hydrogens (tertiary/aromatic N) is 2. The van der Waals surface area contributed by atoms with E-state index in [1.54, 1.807) is 34.3 Å². The van der Waals surface area contributed by atoms with Crippen molar-refractivity contribution in [1.82, 2.24) is 10.4 Å². The van der Waals surface area contributed by atoms with E-state index in [0.717, 1.165) is 13.1 Å². The third-order valence-electron chi connectivity index (χ3n) is 5.41. The lowest BCUT2D eigenvalue weighted by Gasteiger charge is -2.43. The molecular weight excluding hydrogens is 278 g/mol. The lowest BCUT2D eigenvalue weighted by molar-refractivity contribution is -0.918. The van der Waals surface area contributed by atoms with E-state index in [-0.39, 0.29) is 11.3 Å². The van der Waals surface area contributed by atoms with E-state index in [1.807, 2.05) is 0 Å². The van der Waals surface area contributed by atoms with Crippen LogP contribution in [0.2, 0.25) is 0 Å². The van der Waals surface area contributed by atoms with Crippen LogP contribution in [0.1, 0.15) is 17.3 Å². The highest BCUT2D eigenvalue weighted by Gasteiger charge is 2.54. The summed E-state index contributed by atoms with van der Waals surface area (Å²) in [4.78, 5) is 19.5. The van der Waals surface area contributed by atoms with Crippen LogP contribution in [-0.2, 0) is 0 Å². The molecule has 0 radical (unpaired) electrons. The van der Waals surface area contributed by atoms with Gasteiger partial charge in [0, 0.05) is 18.0 Å². The molecule has 0 saturated carbocycles. The van der Waals surface area contributed by atoms with Crippen molar-refractivity contribution in [3.05, 3.63) is 30.1 Å². The Morgan fingerprint density at radius 1 is 1.27 bits per heavy atom. The second-order valence-corrected chi connectivity index (χ2v) is 7.19. The van der Waals surface area contributed by atoms with Crippen LogP contribution in [0.15, 0.2) is 29.6 Å². The predicted molar refractivity (Wildman–Crippen MR) is 81.9 cm³/mol. The number of hydrogen-bond donors (Lipinski definition) is 3. The second kappa shape index (κ2) is 5.14. The molecular formula is C16H23N5O+2. The molecule has 4 aliphatic heterocycles. The van der Waals surface area contributed by atoms with Crippen LogP contribution in [0.4, 0.5) is 0 Å². The highest BCUT2D eigenvalue weighted by Crippen LogP contribution is 2.26. The molecule has 4 fully saturated rings. The number of quaternary nitrogens is 2. The van der Waals surface area contributed by atoms with Crippen LogP contribution in [0.3, 0.4) is 0 Å². The number of fused-ring (bicyclic) bond motifs is 1. The van der Waals surface area contributed by atoms with E-state index in [1.165, 1.54) is 31.9 Å². The van der Waals surface area contributed by atoms with Gasteiger partial charge in [-0.1, -0.05) is 0 Å². The summed E-state index contributed by atoms with van der Waals surface area (Å²) >= 11 is 0. The molecule has 116 valence electrons. The number of rotatable bonds is 2. The van der Waals surface area contributed by atoms with Gasteiger partial charge in [0.1, 0.15) is 18.5 Å². The van der Waals surface area contributed by atoms with Gasteiger partial charge in [-0.05, 0) is 19.1 Å². The van der Waals surface area contributed by atoms with Crippen molar-refractivity contribution in [3.8, 4) is 0 Å². The van der Waals surface area contributed by atoms with Crippen LogP contribution in [0, 0.1) is 11.3 Å². The molecule has 2 unspecified atom stereocenters. The Morgan fingerprint density at radius 2 is 1.91 bits per heavy atom. The van der Waals surface area contributed by atoms with Gasteiger partial charge in [-0.2, -0.15) is 5.10 Å². The first-order valence-corrected chi connectivity index (χ1v) is 8.10. The minimum absolute atomic E-state index is 0.133. The molecule has 4 bridgehead atoms. The molecule has 4 saturated heterocycles. The number of nitrogens with one attached hydrogen (secondary N) is 3. The second-order valence-electron chi connectivity index (χ2n) is 7.19. The maximum atomic E-state index is 12.2. The maximum Gasteiger partial charge on any atom is 0.271 e. The lowest BCUT2D eigenvalue weighted by Crippen LogP contribution is -3.16. The van der Waals surface area contributed by atoms with Crippen molar-refractivity contribution in [3.63, 3.8) is 0 Å². The lowest BCUT2D eigenvalue weighted by atomic mass is 9.72. The van der Waals surface area contributed by atoms with Crippen LogP contribution < -0.4 is 15.2 Å². The van der Waals surface area contributed by atoms with E-state index in [9.17, 15) is 4.79 Å². The molecule has 6 heteroatoms. The summed E-state index contributed by atoms with van der Waals surface area (Å²) in [5.74, 6) is 0.364. The number of hydrazone groups is 1. The standard InChI is InChI=1S/C16H21N5O/c1-16-10-20-6-7-21(11-16)9-13(8-20)14(16)18-19-15(22)12-2-4-17-5-3-12/h2-5,13H,6-11H2,1H3,(H,19,22)/p+2/b18-14-. The predicted octanol–water partition coefficient (Wildman–Crippen LogP) is -2.40. The average molecular weight is 301 g/mol. The Hall–Kier alpha value is -1.79. The zero-order valence-electron chi connectivity index (χ0n) is 12.9. The molecule has 0 spiro atoms. The maximum absolute atomic E-state index is 12.2. The molecule has 22 heavy (non-hydrogen) atoms. The van der Waals surface area contributed by atoms with Gasteiger partial charge >= 0.3 is 0 Å². The first-order valence-electron chi connectivity index (χ1n) is 8.10. The van der Waals surface area contributed by atoms with Crippen molar-refractivity contribution >= 4 is 11.6 Å². The molecule has 5 heterocycles. The van der Waals surface area contributed by atoms with E-state index in [4.69, 9.17) is 0 Å². The minimum atomic E-state index is -0.148. The van der Waals surface area contributed by atoms with E-state index >= 15 is 0 Å². The monoisotopic (exact) mass is 301 g/mol. The first-order chi connectivity index (χ1) is 10.6. The molecule has 4 aliphatic rings. The highest BCUT2D eigenvalue weighted by atomic mass is 16.2. The molecule has 1 amide bonds. The summed E-state index contributed by atoms with van der Waals surface area (Å²) in [6, 6.07) is 3.43. The highest BCUT2D eigenvalue weighted by molar-refractivity contribution is 5.97. The number of amides is 1. The zero-order valence-corrected chi connectivity index (χ0v) is 12.9. The average Bonchev–Trinajstić information content (AvgIpc) is 2.74. The molecule has 5 rings (SSSR count). The summed E-state index contributed by atoms with van der Waals surface area (Å²) in [6.07, 6.45) is 3.26. The van der Waals surface area contributed by atoms with Gasteiger partial charge in [0.05, 0.1) is 37.8 Å². The third kappa shape index (κ3) is 2.32. The number of piperidine rings is 2. The smallest absolute Gasteiger partial charge is 0.271 e. The summed E-state index contributed by atoms with van der Waals surface area (Å²) in [5, 5.41) is 4.58. The van der Waals surface area contributed by atoms with Gasteiger partial charge in [-0.15, -0.1) is 0 Å². The fourth-order valence-corrected chi connectivity index (χ4v) is 4.59. The van der Waals surface area contributed by atoms with Gasteiger partial charge < -0.3 is 9.80 Å². The number of aromatic nitrogens is 1. The fourth-order valence-electron chi connectivity index (χ4n) is 4.59. The normalized spacial score (nSPS) is 38.0. The minimum Gasteiger partial charge on any atom is -0.329 e. The van der Waals surface area contributed by atoms with E-state index < -0.39 is 0 Å². The Kier molecular flexibility index (Phi) is 3.23. The van der Waals surface area contributed by atoms with Crippen molar-refractivity contribution in [2.75, 3.05) is 39.3 Å². The Balaban J connectivity index is 1.56. The van der Waals surface area contributed by atoms with Crippen molar-refractivity contribution in [1.29, 1.82) is 0 Å². The van der Waals surface area contributed by atoms with Gasteiger partial charge in [-0.3, -0.25) is 9.78 Å². The SMILES string of the molecule is CC12C[NH+]3CC[NH+](CC(C3)/C1=N/NC(=O)c1ccncc1)C2. The van der Waals surface area contributed by atoms with Crippen LogP contribution in [0.5, 0.6) is 0 Å². The van der Waals surface area contributed by atoms with Crippen molar-refractivity contribution in [2.24, 2.45) is 16.4 Å². The topological polar surface area (TPSA) is 63.2 Å². The number of carbonyl (C=O) groups is 1. The third-order valence-corrected chi connectivity index (χ3v) is 5.41. The molecule has 0 aromatic carbocycles.